The summed E-state index contributed by atoms with van der Waals surface area (Å²) >= 11 is 0. The van der Waals surface area contributed by atoms with E-state index in [0.717, 1.165) is 31.3 Å². The molecule has 0 spiro atoms. The zero-order valence-electron chi connectivity index (χ0n) is 10.7. The molecule has 1 aromatic heterocycles. The lowest BCUT2D eigenvalue weighted by Gasteiger charge is -2.18. The summed E-state index contributed by atoms with van der Waals surface area (Å²) in [7, 11) is 0. The van der Waals surface area contributed by atoms with E-state index in [0.29, 0.717) is 5.92 Å². The number of hydrogen-bond acceptors (Lipinski definition) is 4. The maximum atomic E-state index is 6.18. The van der Waals surface area contributed by atoms with E-state index < -0.39 is 0 Å². The van der Waals surface area contributed by atoms with Crippen molar-refractivity contribution >= 4 is 5.95 Å². The average molecular weight is 225 g/mol. The molecule has 2 unspecified atom stereocenters. The van der Waals surface area contributed by atoms with Gasteiger partial charge in [-0.1, -0.05) is 20.3 Å². The van der Waals surface area contributed by atoms with Crippen molar-refractivity contribution in [3.8, 4) is 0 Å². The van der Waals surface area contributed by atoms with E-state index in [4.69, 9.17) is 5.73 Å². The van der Waals surface area contributed by atoms with E-state index in [-0.39, 0.29) is 6.04 Å². The molecule has 2 atom stereocenters. The highest BCUT2D eigenvalue weighted by molar-refractivity contribution is 5.26. The lowest BCUT2D eigenvalue weighted by molar-refractivity contribution is 0.424. The van der Waals surface area contributed by atoms with Crippen molar-refractivity contribution in [2.45, 2.75) is 46.7 Å². The van der Waals surface area contributed by atoms with Crippen LogP contribution in [0.4, 0.5) is 5.95 Å². The number of rotatable bonds is 6. The SMILES string of the molecule is CCNc1nnc(C(N)C(C)CC)n1CC. The minimum absolute atomic E-state index is 0.0372. The van der Waals surface area contributed by atoms with Gasteiger partial charge in [0.25, 0.3) is 0 Å². The Bertz CT molecular complexity index is 320. The third-order valence-electron chi connectivity index (χ3n) is 2.99. The van der Waals surface area contributed by atoms with Crippen LogP contribution in [0.5, 0.6) is 0 Å². The zero-order valence-corrected chi connectivity index (χ0v) is 10.7. The van der Waals surface area contributed by atoms with Crippen LogP contribution in [0.25, 0.3) is 0 Å². The van der Waals surface area contributed by atoms with Crippen LogP contribution in [-0.2, 0) is 6.54 Å². The Labute approximate surface area is 97.4 Å². The molecule has 5 nitrogen and oxygen atoms in total. The smallest absolute Gasteiger partial charge is 0.224 e. The first-order valence-corrected chi connectivity index (χ1v) is 6.08. The Hall–Kier alpha value is -1.10. The topological polar surface area (TPSA) is 68.8 Å². The molecule has 0 bridgehead atoms. The molecule has 0 aromatic carbocycles. The second kappa shape index (κ2) is 5.84. The maximum absolute atomic E-state index is 6.18. The number of hydrogen-bond donors (Lipinski definition) is 2. The minimum Gasteiger partial charge on any atom is -0.355 e. The molecule has 0 fully saturated rings. The van der Waals surface area contributed by atoms with Gasteiger partial charge in [-0.05, 0) is 19.8 Å². The van der Waals surface area contributed by atoms with Crippen LogP contribution >= 0.6 is 0 Å². The molecule has 0 aliphatic heterocycles. The second-order valence-corrected chi connectivity index (χ2v) is 4.07. The first-order valence-electron chi connectivity index (χ1n) is 6.08. The highest BCUT2D eigenvalue weighted by atomic mass is 15.4. The monoisotopic (exact) mass is 225 g/mol. The Morgan fingerprint density at radius 2 is 2.00 bits per heavy atom. The molecule has 0 amide bonds. The molecule has 0 saturated carbocycles. The number of anilines is 1. The van der Waals surface area contributed by atoms with Gasteiger partial charge in [-0.2, -0.15) is 0 Å². The fraction of sp³-hybridized carbons (Fsp3) is 0.818. The lowest BCUT2D eigenvalue weighted by Crippen LogP contribution is -2.23. The Morgan fingerprint density at radius 3 is 2.50 bits per heavy atom. The Kier molecular flexibility index (Phi) is 4.73. The molecular weight excluding hydrogens is 202 g/mol. The van der Waals surface area contributed by atoms with Gasteiger partial charge in [0.05, 0.1) is 6.04 Å². The number of nitrogens with one attached hydrogen (secondary N) is 1. The molecule has 5 heteroatoms. The summed E-state index contributed by atoms with van der Waals surface area (Å²) in [6, 6.07) is -0.0372. The molecule has 16 heavy (non-hydrogen) atoms. The van der Waals surface area contributed by atoms with Gasteiger partial charge in [-0.3, -0.25) is 4.57 Å². The summed E-state index contributed by atoms with van der Waals surface area (Å²) in [5, 5.41) is 11.5. The second-order valence-electron chi connectivity index (χ2n) is 4.07. The van der Waals surface area contributed by atoms with E-state index in [9.17, 15) is 0 Å². The molecule has 0 aliphatic rings. The van der Waals surface area contributed by atoms with Gasteiger partial charge in [-0.15, -0.1) is 10.2 Å². The third-order valence-corrected chi connectivity index (χ3v) is 2.99. The molecule has 0 saturated heterocycles. The van der Waals surface area contributed by atoms with Crippen molar-refractivity contribution in [3.63, 3.8) is 0 Å². The fourth-order valence-electron chi connectivity index (χ4n) is 1.67. The van der Waals surface area contributed by atoms with Gasteiger partial charge in [0.2, 0.25) is 5.95 Å². The normalized spacial score (nSPS) is 14.8. The Morgan fingerprint density at radius 1 is 1.31 bits per heavy atom. The first-order chi connectivity index (χ1) is 7.65. The van der Waals surface area contributed by atoms with Crippen molar-refractivity contribution in [3.05, 3.63) is 5.82 Å². The summed E-state index contributed by atoms with van der Waals surface area (Å²) in [6.07, 6.45) is 1.05. The zero-order chi connectivity index (χ0) is 12.1. The highest BCUT2D eigenvalue weighted by Crippen LogP contribution is 2.22. The molecule has 0 aliphatic carbocycles. The van der Waals surface area contributed by atoms with Gasteiger partial charge < -0.3 is 11.1 Å². The van der Waals surface area contributed by atoms with Crippen molar-refractivity contribution in [2.24, 2.45) is 11.7 Å². The summed E-state index contributed by atoms with van der Waals surface area (Å²) < 4.78 is 2.06. The van der Waals surface area contributed by atoms with Crippen LogP contribution in [-0.4, -0.2) is 21.3 Å². The predicted molar refractivity (Wildman–Crippen MR) is 66.2 cm³/mol. The first kappa shape index (κ1) is 13.0. The summed E-state index contributed by atoms with van der Waals surface area (Å²) in [6.45, 7) is 10.1. The van der Waals surface area contributed by atoms with Crippen molar-refractivity contribution < 1.29 is 0 Å². The van der Waals surface area contributed by atoms with Crippen LogP contribution in [0.2, 0.25) is 0 Å². The predicted octanol–water partition coefficient (Wildman–Crippen LogP) is 1.78. The minimum atomic E-state index is -0.0372. The maximum Gasteiger partial charge on any atom is 0.224 e. The standard InChI is InChI=1S/C11H23N5/c1-5-8(4)9(12)10-14-15-11(13-6-2)16(10)7-3/h8-9H,5-7,12H2,1-4H3,(H,13,15). The number of nitrogens with zero attached hydrogens (tertiary/aromatic N) is 3. The van der Waals surface area contributed by atoms with E-state index >= 15 is 0 Å². The van der Waals surface area contributed by atoms with E-state index in [1.165, 1.54) is 0 Å². The van der Waals surface area contributed by atoms with Crippen molar-refractivity contribution in [2.75, 3.05) is 11.9 Å². The van der Waals surface area contributed by atoms with Crippen LogP contribution in [0.15, 0.2) is 0 Å². The van der Waals surface area contributed by atoms with Gasteiger partial charge >= 0.3 is 0 Å². The van der Waals surface area contributed by atoms with Gasteiger partial charge in [0.1, 0.15) is 0 Å². The van der Waals surface area contributed by atoms with Gasteiger partial charge in [-0.25, -0.2) is 0 Å². The van der Waals surface area contributed by atoms with Crippen LogP contribution in [0.1, 0.15) is 46.0 Å². The van der Waals surface area contributed by atoms with Crippen LogP contribution < -0.4 is 11.1 Å². The molecule has 3 N–H and O–H groups in total. The van der Waals surface area contributed by atoms with Gasteiger partial charge in [0.15, 0.2) is 5.82 Å². The lowest BCUT2D eigenvalue weighted by atomic mass is 9.99. The summed E-state index contributed by atoms with van der Waals surface area (Å²) in [4.78, 5) is 0. The molecular formula is C11H23N5. The largest absolute Gasteiger partial charge is 0.355 e. The van der Waals surface area contributed by atoms with Gasteiger partial charge in [0, 0.05) is 13.1 Å². The third kappa shape index (κ3) is 2.52. The number of aromatic nitrogens is 3. The average Bonchev–Trinajstić information content (AvgIpc) is 2.70. The summed E-state index contributed by atoms with van der Waals surface area (Å²) in [5.41, 5.74) is 6.18. The summed E-state index contributed by atoms with van der Waals surface area (Å²) in [5.74, 6) is 2.12. The molecule has 92 valence electrons. The quantitative estimate of drug-likeness (QED) is 0.774. The number of nitrogens with two attached hydrogens (primary N) is 1. The van der Waals surface area contributed by atoms with Crippen LogP contribution in [0.3, 0.4) is 0 Å². The van der Waals surface area contributed by atoms with Crippen molar-refractivity contribution in [1.29, 1.82) is 0 Å². The van der Waals surface area contributed by atoms with E-state index in [2.05, 4.69) is 40.9 Å². The molecule has 1 heterocycles. The van der Waals surface area contributed by atoms with E-state index in [1.54, 1.807) is 0 Å². The van der Waals surface area contributed by atoms with Crippen molar-refractivity contribution in [1.82, 2.24) is 14.8 Å². The highest BCUT2D eigenvalue weighted by Gasteiger charge is 2.20. The molecule has 0 radical (unpaired) electrons. The molecule has 1 aromatic rings. The fourth-order valence-corrected chi connectivity index (χ4v) is 1.67. The Balaban J connectivity index is 2.95. The molecule has 1 rings (SSSR count). The van der Waals surface area contributed by atoms with Crippen LogP contribution in [0, 0.1) is 5.92 Å². The van der Waals surface area contributed by atoms with E-state index in [1.807, 2.05) is 6.92 Å².